The molecule has 0 aliphatic rings. The molecule has 4 N–H and O–H groups in total. The van der Waals surface area contributed by atoms with Crippen LogP contribution in [-0.2, 0) is 0 Å². The third kappa shape index (κ3) is 8.51. The van der Waals surface area contributed by atoms with E-state index in [2.05, 4.69) is 93.6 Å². The van der Waals surface area contributed by atoms with Gasteiger partial charge in [-0.05, 0) is 76.9 Å². The van der Waals surface area contributed by atoms with Crippen molar-refractivity contribution in [1.82, 2.24) is 0 Å². The molecule has 0 saturated heterocycles. The van der Waals surface area contributed by atoms with Crippen molar-refractivity contribution in [3.05, 3.63) is 130 Å². The molecule has 0 spiro atoms. The van der Waals surface area contributed by atoms with E-state index in [4.69, 9.17) is 11.5 Å². The summed E-state index contributed by atoms with van der Waals surface area (Å²) in [6.45, 7) is 6.84. The average Bonchev–Trinajstić information content (AvgIpc) is 3.02. The predicted octanol–water partition coefficient (Wildman–Crippen LogP) is 11.2. The van der Waals surface area contributed by atoms with E-state index in [1.807, 2.05) is 24.3 Å². The van der Waals surface area contributed by atoms with Gasteiger partial charge in [0.25, 0.3) is 0 Å². The van der Waals surface area contributed by atoms with Crippen LogP contribution in [0, 0.1) is 0 Å². The molecular formula is C40H52N2. The summed E-state index contributed by atoms with van der Waals surface area (Å²) in [6.07, 6.45) is 12.3. The number of benzene rings is 4. The Morgan fingerprint density at radius 1 is 0.357 bits per heavy atom. The zero-order valence-corrected chi connectivity index (χ0v) is 26.2. The number of anilines is 2. The molecule has 42 heavy (non-hydrogen) atoms. The van der Waals surface area contributed by atoms with Gasteiger partial charge in [-0.1, -0.05) is 139 Å². The number of rotatable bonds is 16. The van der Waals surface area contributed by atoms with Crippen molar-refractivity contribution in [2.24, 2.45) is 0 Å². The van der Waals surface area contributed by atoms with Gasteiger partial charge in [0.05, 0.1) is 0 Å². The minimum Gasteiger partial charge on any atom is -0.399 e. The van der Waals surface area contributed by atoms with Gasteiger partial charge in [-0.15, -0.1) is 0 Å². The van der Waals surface area contributed by atoms with Crippen molar-refractivity contribution in [1.29, 1.82) is 0 Å². The van der Waals surface area contributed by atoms with Crippen LogP contribution in [0.5, 0.6) is 0 Å². The van der Waals surface area contributed by atoms with Crippen LogP contribution in [0.25, 0.3) is 0 Å². The molecule has 2 atom stereocenters. The largest absolute Gasteiger partial charge is 0.399 e. The molecule has 0 aliphatic carbocycles. The molecule has 4 aromatic carbocycles. The molecule has 2 nitrogen and oxygen atoms in total. The first-order chi connectivity index (χ1) is 20.5. The van der Waals surface area contributed by atoms with Crippen molar-refractivity contribution in [3.63, 3.8) is 0 Å². The van der Waals surface area contributed by atoms with Crippen LogP contribution in [0.1, 0.15) is 136 Å². The van der Waals surface area contributed by atoms with Gasteiger partial charge in [-0.2, -0.15) is 0 Å². The lowest BCUT2D eigenvalue weighted by Gasteiger charge is -2.23. The molecule has 0 aliphatic heterocycles. The second-order valence-corrected chi connectivity index (χ2v) is 12.1. The SMILES string of the molecule is CCCCCCCC(c1ccc(C(CCC)c2ccc(N)cc2)cc1)c1ccc(C(CCC)c2ccc(N)cc2)cc1. The highest BCUT2D eigenvalue weighted by Gasteiger charge is 2.19. The summed E-state index contributed by atoms with van der Waals surface area (Å²) < 4.78 is 0. The van der Waals surface area contributed by atoms with E-state index in [1.165, 1.54) is 71.9 Å². The van der Waals surface area contributed by atoms with Gasteiger partial charge in [0.15, 0.2) is 0 Å². The fourth-order valence-corrected chi connectivity index (χ4v) is 6.48. The molecule has 2 heteroatoms. The molecule has 222 valence electrons. The van der Waals surface area contributed by atoms with E-state index in [0.29, 0.717) is 17.8 Å². The first kappa shape index (κ1) is 31.4. The third-order valence-electron chi connectivity index (χ3n) is 8.91. The molecule has 2 unspecified atom stereocenters. The highest BCUT2D eigenvalue weighted by atomic mass is 14.5. The second kappa shape index (κ2) is 16.2. The third-order valence-corrected chi connectivity index (χ3v) is 8.91. The summed E-state index contributed by atoms with van der Waals surface area (Å²) in [7, 11) is 0. The van der Waals surface area contributed by atoms with Crippen LogP contribution < -0.4 is 11.5 Å². The first-order valence-electron chi connectivity index (χ1n) is 16.4. The average molecular weight is 561 g/mol. The monoisotopic (exact) mass is 560 g/mol. The highest BCUT2D eigenvalue weighted by Crippen LogP contribution is 2.36. The van der Waals surface area contributed by atoms with Crippen LogP contribution in [-0.4, -0.2) is 0 Å². The van der Waals surface area contributed by atoms with E-state index < -0.39 is 0 Å². The molecule has 4 aromatic rings. The van der Waals surface area contributed by atoms with Gasteiger partial charge in [-0.25, -0.2) is 0 Å². The zero-order chi connectivity index (χ0) is 29.7. The number of nitrogens with two attached hydrogens (primary N) is 2. The zero-order valence-electron chi connectivity index (χ0n) is 26.2. The Morgan fingerprint density at radius 2 is 0.643 bits per heavy atom. The van der Waals surface area contributed by atoms with Gasteiger partial charge in [0.2, 0.25) is 0 Å². The Hall–Kier alpha value is -3.52. The Labute approximate surface area is 255 Å². The molecule has 0 heterocycles. The van der Waals surface area contributed by atoms with Crippen LogP contribution >= 0.6 is 0 Å². The topological polar surface area (TPSA) is 52.0 Å². The summed E-state index contributed by atoms with van der Waals surface area (Å²) >= 11 is 0. The molecule has 0 aromatic heterocycles. The quantitative estimate of drug-likeness (QED) is 0.106. The fraction of sp³-hybridized carbons (Fsp3) is 0.400. The predicted molar refractivity (Wildman–Crippen MR) is 183 cm³/mol. The van der Waals surface area contributed by atoms with Gasteiger partial charge >= 0.3 is 0 Å². The number of hydrogen-bond donors (Lipinski definition) is 2. The maximum atomic E-state index is 5.99. The van der Waals surface area contributed by atoms with E-state index >= 15 is 0 Å². The van der Waals surface area contributed by atoms with Gasteiger partial charge in [0, 0.05) is 29.1 Å². The van der Waals surface area contributed by atoms with Crippen molar-refractivity contribution in [2.45, 2.75) is 103 Å². The minimum absolute atomic E-state index is 0.403. The Kier molecular flexibility index (Phi) is 12.1. The van der Waals surface area contributed by atoms with Crippen LogP contribution in [0.3, 0.4) is 0 Å². The maximum Gasteiger partial charge on any atom is 0.0314 e. The standard InChI is InChI=1S/C40H52N2/c1-4-7-8-9-10-13-40(32-18-14-30(15-19-32)38(11-5-2)34-22-26-36(41)27-23-34)33-20-16-31(17-21-33)39(12-6-3)35-24-28-37(42)29-25-35/h14-29,38-40H,4-13,41-42H2,1-3H3. The normalized spacial score (nSPS) is 13.5. The lowest BCUT2D eigenvalue weighted by Crippen LogP contribution is -2.06. The molecule has 0 radical (unpaired) electrons. The minimum atomic E-state index is 0.403. The van der Waals surface area contributed by atoms with E-state index in [0.717, 1.165) is 37.1 Å². The number of nitrogen functional groups attached to an aromatic ring is 2. The fourth-order valence-electron chi connectivity index (χ4n) is 6.48. The summed E-state index contributed by atoms with van der Waals surface area (Å²) in [4.78, 5) is 0. The van der Waals surface area contributed by atoms with Crippen molar-refractivity contribution in [3.8, 4) is 0 Å². The van der Waals surface area contributed by atoms with Gasteiger partial charge < -0.3 is 11.5 Å². The van der Waals surface area contributed by atoms with Crippen molar-refractivity contribution >= 4 is 11.4 Å². The number of unbranched alkanes of at least 4 members (excludes halogenated alkanes) is 4. The van der Waals surface area contributed by atoms with Gasteiger partial charge in [-0.3, -0.25) is 0 Å². The lowest BCUT2D eigenvalue weighted by molar-refractivity contribution is 0.580. The lowest BCUT2D eigenvalue weighted by atomic mass is 9.82. The highest BCUT2D eigenvalue weighted by molar-refractivity contribution is 5.45. The number of hydrogen-bond acceptors (Lipinski definition) is 2. The summed E-state index contributed by atoms with van der Waals surface area (Å²) in [5.41, 5.74) is 22.0. The smallest absolute Gasteiger partial charge is 0.0314 e. The van der Waals surface area contributed by atoms with Crippen LogP contribution in [0.15, 0.2) is 97.1 Å². The van der Waals surface area contributed by atoms with Crippen LogP contribution in [0.4, 0.5) is 11.4 Å². The summed E-state index contributed by atoms with van der Waals surface area (Å²) in [6, 6.07) is 36.0. The Morgan fingerprint density at radius 3 is 0.952 bits per heavy atom. The van der Waals surface area contributed by atoms with Gasteiger partial charge in [0.1, 0.15) is 0 Å². The summed E-state index contributed by atoms with van der Waals surface area (Å²) in [5.74, 6) is 1.22. The van der Waals surface area contributed by atoms with E-state index in [9.17, 15) is 0 Å². The Bertz CT molecular complexity index is 1210. The maximum absolute atomic E-state index is 5.99. The summed E-state index contributed by atoms with van der Waals surface area (Å²) in [5, 5.41) is 0. The van der Waals surface area contributed by atoms with E-state index in [-0.39, 0.29) is 0 Å². The van der Waals surface area contributed by atoms with E-state index in [1.54, 1.807) is 0 Å². The molecule has 0 amide bonds. The molecule has 0 saturated carbocycles. The Balaban J connectivity index is 1.59. The van der Waals surface area contributed by atoms with Crippen molar-refractivity contribution in [2.75, 3.05) is 11.5 Å². The first-order valence-corrected chi connectivity index (χ1v) is 16.4. The molecular weight excluding hydrogens is 508 g/mol. The van der Waals surface area contributed by atoms with Crippen LogP contribution in [0.2, 0.25) is 0 Å². The molecule has 0 bridgehead atoms. The van der Waals surface area contributed by atoms with Crippen molar-refractivity contribution < 1.29 is 0 Å². The molecule has 0 fully saturated rings. The molecule has 4 rings (SSSR count). The second-order valence-electron chi connectivity index (χ2n) is 12.1.